The average molecular weight is 310 g/mol. The third-order valence-corrected chi connectivity index (χ3v) is 6.50. The highest BCUT2D eigenvalue weighted by Crippen LogP contribution is 2.51. The topological polar surface area (TPSA) is 20.2 Å². The lowest BCUT2D eigenvalue weighted by Gasteiger charge is -2.45. The number of hydrogen-bond acceptors (Lipinski definition) is 1. The van der Waals surface area contributed by atoms with E-state index in [0.717, 1.165) is 5.56 Å². The molecule has 0 aromatic heterocycles. The predicted molar refractivity (Wildman–Crippen MR) is 97.9 cm³/mol. The minimum atomic E-state index is 0.166. The van der Waals surface area contributed by atoms with Crippen molar-refractivity contribution in [1.29, 1.82) is 0 Å². The van der Waals surface area contributed by atoms with Crippen LogP contribution in [0, 0.1) is 25.7 Å². The fraction of sp³-hybridized carbons (Fsp3) is 0.545. The van der Waals surface area contributed by atoms with Crippen LogP contribution < -0.4 is 0 Å². The Morgan fingerprint density at radius 2 is 1.70 bits per heavy atom. The van der Waals surface area contributed by atoms with Gasteiger partial charge in [-0.15, -0.1) is 0 Å². The third kappa shape index (κ3) is 2.65. The van der Waals surface area contributed by atoms with Gasteiger partial charge in [-0.3, -0.25) is 0 Å². The first-order chi connectivity index (χ1) is 11.0. The van der Waals surface area contributed by atoms with Crippen LogP contribution in [-0.4, -0.2) is 5.11 Å². The normalized spacial score (nSPS) is 26.9. The maximum absolute atomic E-state index is 10.1. The second-order valence-corrected chi connectivity index (χ2v) is 7.68. The standard InChI is InChI=1S/C22H30O/c1-15-9-8-10-19(16(15)2)22(13-6-5-7-14-22)20-11-12-21(23)18(4)17(20)3/h8-12,15-16,23H,5-7,13-14H2,1-4H3. The van der Waals surface area contributed by atoms with Crippen molar-refractivity contribution >= 4 is 0 Å². The molecule has 0 aliphatic heterocycles. The zero-order valence-electron chi connectivity index (χ0n) is 15.0. The Balaban J connectivity index is 2.17. The van der Waals surface area contributed by atoms with Crippen LogP contribution in [0.4, 0.5) is 0 Å². The zero-order chi connectivity index (χ0) is 16.6. The van der Waals surface area contributed by atoms with Crippen LogP contribution >= 0.6 is 0 Å². The largest absolute Gasteiger partial charge is 0.508 e. The van der Waals surface area contributed by atoms with E-state index in [1.807, 2.05) is 13.0 Å². The van der Waals surface area contributed by atoms with Crippen LogP contribution in [0.5, 0.6) is 5.75 Å². The summed E-state index contributed by atoms with van der Waals surface area (Å²) in [6.45, 7) is 8.96. The lowest BCUT2D eigenvalue weighted by molar-refractivity contribution is 0.299. The molecule has 0 amide bonds. The molecule has 0 radical (unpaired) electrons. The second-order valence-electron chi connectivity index (χ2n) is 7.68. The summed E-state index contributed by atoms with van der Waals surface area (Å²) in [6.07, 6.45) is 13.4. The van der Waals surface area contributed by atoms with Gasteiger partial charge in [-0.1, -0.05) is 63.0 Å². The molecule has 23 heavy (non-hydrogen) atoms. The molecule has 124 valence electrons. The first-order valence-electron chi connectivity index (χ1n) is 9.16. The average Bonchev–Trinajstić information content (AvgIpc) is 2.56. The molecular formula is C22H30O. The van der Waals surface area contributed by atoms with Gasteiger partial charge in [0.1, 0.15) is 5.75 Å². The lowest BCUT2D eigenvalue weighted by atomic mass is 9.59. The summed E-state index contributed by atoms with van der Waals surface area (Å²) in [5.74, 6) is 1.62. The van der Waals surface area contributed by atoms with Gasteiger partial charge in [0.15, 0.2) is 0 Å². The Morgan fingerprint density at radius 3 is 2.39 bits per heavy atom. The van der Waals surface area contributed by atoms with Crippen LogP contribution in [0.1, 0.15) is 62.6 Å². The monoisotopic (exact) mass is 310 g/mol. The molecule has 1 nitrogen and oxygen atoms in total. The van der Waals surface area contributed by atoms with E-state index in [-0.39, 0.29) is 5.41 Å². The number of aromatic hydroxyl groups is 1. The molecule has 2 atom stereocenters. The molecule has 0 heterocycles. The Morgan fingerprint density at radius 1 is 1.00 bits per heavy atom. The highest BCUT2D eigenvalue weighted by atomic mass is 16.3. The summed E-state index contributed by atoms with van der Waals surface area (Å²) >= 11 is 0. The van der Waals surface area contributed by atoms with E-state index in [2.05, 4.69) is 45.1 Å². The molecule has 1 saturated carbocycles. The maximum atomic E-state index is 10.1. The first-order valence-corrected chi connectivity index (χ1v) is 9.16. The summed E-state index contributed by atoms with van der Waals surface area (Å²) < 4.78 is 0. The minimum absolute atomic E-state index is 0.166. The number of allylic oxidation sites excluding steroid dienone is 4. The molecule has 1 aromatic rings. The Labute approximate surface area is 141 Å². The van der Waals surface area contributed by atoms with Crippen molar-refractivity contribution in [2.75, 3.05) is 0 Å². The highest BCUT2D eigenvalue weighted by Gasteiger charge is 2.41. The molecule has 3 rings (SSSR count). The van der Waals surface area contributed by atoms with E-state index in [4.69, 9.17) is 0 Å². The Kier molecular flexibility index (Phi) is 4.40. The van der Waals surface area contributed by atoms with E-state index in [1.54, 1.807) is 5.57 Å². The highest BCUT2D eigenvalue weighted by molar-refractivity contribution is 5.51. The van der Waals surface area contributed by atoms with Crippen molar-refractivity contribution in [3.63, 3.8) is 0 Å². The van der Waals surface area contributed by atoms with Gasteiger partial charge in [0, 0.05) is 5.41 Å². The maximum Gasteiger partial charge on any atom is 0.118 e. The van der Waals surface area contributed by atoms with Crippen molar-refractivity contribution in [3.8, 4) is 5.75 Å². The molecule has 0 spiro atoms. The molecule has 1 fully saturated rings. The second kappa shape index (κ2) is 6.19. The molecule has 2 aliphatic rings. The van der Waals surface area contributed by atoms with E-state index in [1.165, 1.54) is 43.2 Å². The Bertz CT molecular complexity index is 644. The van der Waals surface area contributed by atoms with Crippen LogP contribution in [0.3, 0.4) is 0 Å². The van der Waals surface area contributed by atoms with Crippen molar-refractivity contribution in [3.05, 3.63) is 52.6 Å². The quantitative estimate of drug-likeness (QED) is 0.712. The molecule has 1 heteroatoms. The van der Waals surface area contributed by atoms with Crippen molar-refractivity contribution in [2.24, 2.45) is 11.8 Å². The van der Waals surface area contributed by atoms with Gasteiger partial charge in [0.05, 0.1) is 0 Å². The van der Waals surface area contributed by atoms with Gasteiger partial charge in [-0.25, -0.2) is 0 Å². The van der Waals surface area contributed by atoms with E-state index >= 15 is 0 Å². The van der Waals surface area contributed by atoms with Gasteiger partial charge >= 0.3 is 0 Å². The van der Waals surface area contributed by atoms with E-state index in [9.17, 15) is 5.11 Å². The summed E-state index contributed by atoms with van der Waals surface area (Å²) in [5, 5.41) is 10.1. The van der Waals surface area contributed by atoms with Crippen molar-refractivity contribution < 1.29 is 5.11 Å². The number of phenols is 1. The molecule has 1 N–H and O–H groups in total. The molecular weight excluding hydrogens is 280 g/mol. The Hall–Kier alpha value is -1.50. The smallest absolute Gasteiger partial charge is 0.118 e. The van der Waals surface area contributed by atoms with Crippen LogP contribution in [0.15, 0.2) is 35.9 Å². The number of hydrogen-bond donors (Lipinski definition) is 1. The zero-order valence-corrected chi connectivity index (χ0v) is 15.0. The molecule has 0 saturated heterocycles. The van der Waals surface area contributed by atoms with Gasteiger partial charge in [-0.05, 0) is 61.3 Å². The van der Waals surface area contributed by atoms with Gasteiger partial charge in [-0.2, -0.15) is 0 Å². The van der Waals surface area contributed by atoms with E-state index in [0.29, 0.717) is 17.6 Å². The fourth-order valence-corrected chi connectivity index (χ4v) is 4.73. The van der Waals surface area contributed by atoms with Crippen molar-refractivity contribution in [2.45, 2.75) is 65.2 Å². The lowest BCUT2D eigenvalue weighted by Crippen LogP contribution is -2.36. The fourth-order valence-electron chi connectivity index (χ4n) is 4.73. The van der Waals surface area contributed by atoms with Crippen LogP contribution in [0.2, 0.25) is 0 Å². The minimum Gasteiger partial charge on any atom is -0.508 e. The van der Waals surface area contributed by atoms with Gasteiger partial charge in [0.2, 0.25) is 0 Å². The van der Waals surface area contributed by atoms with Crippen LogP contribution in [-0.2, 0) is 5.41 Å². The predicted octanol–water partition coefficient (Wildman–Crippen LogP) is 5.98. The van der Waals surface area contributed by atoms with Gasteiger partial charge < -0.3 is 5.11 Å². The number of rotatable bonds is 2. The summed E-state index contributed by atoms with van der Waals surface area (Å²) in [5.41, 5.74) is 5.55. The number of phenolic OH excluding ortho intramolecular Hbond substituents is 1. The summed E-state index contributed by atoms with van der Waals surface area (Å²) in [4.78, 5) is 0. The molecule has 2 unspecified atom stereocenters. The van der Waals surface area contributed by atoms with E-state index < -0.39 is 0 Å². The molecule has 2 aliphatic carbocycles. The van der Waals surface area contributed by atoms with Crippen molar-refractivity contribution in [1.82, 2.24) is 0 Å². The summed E-state index contributed by atoms with van der Waals surface area (Å²) in [6, 6.07) is 4.10. The molecule has 0 bridgehead atoms. The number of benzene rings is 1. The summed E-state index contributed by atoms with van der Waals surface area (Å²) in [7, 11) is 0. The third-order valence-electron chi connectivity index (χ3n) is 6.50. The molecule has 1 aromatic carbocycles. The SMILES string of the molecule is Cc1c(O)ccc(C2(C3=CC=CC(C)C3C)CCCCC2)c1C. The first kappa shape index (κ1) is 16.4. The van der Waals surface area contributed by atoms with Gasteiger partial charge in [0.25, 0.3) is 0 Å². The van der Waals surface area contributed by atoms with Crippen LogP contribution in [0.25, 0.3) is 0 Å².